The average molecular weight is 1090 g/mol. The number of hydrogen-bond donors (Lipinski definition) is 14. The van der Waals surface area contributed by atoms with Crippen molar-refractivity contribution in [3.05, 3.63) is 71.9 Å². The van der Waals surface area contributed by atoms with Gasteiger partial charge in [0.1, 0.15) is 42.3 Å². The maximum atomic E-state index is 14.6. The number of primary amides is 1. The summed E-state index contributed by atoms with van der Waals surface area (Å²) in [6.07, 6.45) is 4.63. The predicted octanol–water partition coefficient (Wildman–Crippen LogP) is -0.184. The zero-order chi connectivity index (χ0) is 57.9. The van der Waals surface area contributed by atoms with Crippen LogP contribution in [0.2, 0.25) is 0 Å². The highest BCUT2D eigenvalue weighted by molar-refractivity contribution is 5.98. The van der Waals surface area contributed by atoms with Gasteiger partial charge in [-0.2, -0.15) is 0 Å². The van der Waals surface area contributed by atoms with E-state index in [-0.39, 0.29) is 81.3 Å². The second-order valence-corrected chi connectivity index (χ2v) is 20.3. The molecule has 0 fully saturated rings. The van der Waals surface area contributed by atoms with Crippen LogP contribution in [0.25, 0.3) is 10.9 Å². The molecule has 2 aromatic carbocycles. The average Bonchev–Trinajstić information content (AvgIpc) is 3.82. The molecular weight excluding hydrogens is 1000 g/mol. The summed E-state index contributed by atoms with van der Waals surface area (Å²) in [7, 11) is 0. The molecule has 0 unspecified atom stereocenters. The minimum atomic E-state index is -1.33. The van der Waals surface area contributed by atoms with Gasteiger partial charge in [0.25, 0.3) is 0 Å². The van der Waals surface area contributed by atoms with Crippen molar-refractivity contribution in [2.45, 2.75) is 154 Å². The first-order valence-corrected chi connectivity index (χ1v) is 26.9. The van der Waals surface area contributed by atoms with Crippen LogP contribution >= 0.6 is 0 Å². The molecule has 0 spiro atoms. The minimum absolute atomic E-state index is 0.0258. The van der Waals surface area contributed by atoms with Gasteiger partial charge in [-0.1, -0.05) is 89.6 Å². The Morgan fingerprint density at radius 2 is 1.04 bits per heavy atom. The number of carbonyl (C=O) groups is 8. The van der Waals surface area contributed by atoms with Gasteiger partial charge in [-0.25, -0.2) is 0 Å². The lowest BCUT2D eigenvalue weighted by Gasteiger charge is -2.28. The van der Waals surface area contributed by atoms with E-state index in [4.69, 9.17) is 34.4 Å². The van der Waals surface area contributed by atoms with Crippen molar-refractivity contribution < 1.29 is 38.4 Å². The maximum absolute atomic E-state index is 14.6. The fourth-order valence-electron chi connectivity index (χ4n) is 8.55. The van der Waals surface area contributed by atoms with Gasteiger partial charge in [0.05, 0.1) is 0 Å². The highest BCUT2D eigenvalue weighted by atomic mass is 16.2. The van der Waals surface area contributed by atoms with E-state index in [0.717, 1.165) is 10.9 Å². The molecular formula is C54H86N16O8. The first-order valence-electron chi connectivity index (χ1n) is 26.9. The molecule has 3 aromatic rings. The number of nitrogens with one attached hydrogen (secondary N) is 8. The standard InChI is InChI=1S/C54H86N16O8/c1-7-32(4)44(45(56)71)70-52(78)42(28-35-18-9-8-10-19-35)68-47(73)34(6)64-50(76)43(29-36-30-63-38-21-12-11-20-37(36)38)69-49(75)39(22-13-14-24-55)65-48(74)40(23-16-26-62-54(59)60)66-51(77)41(27-31(2)3)67-46(72)33(5)17-15-25-61-53(57)58/h8-12,18-21,30-34,39-44,63H,7,13-17,22-29,55H2,1-6H3,(H2,56,71)(H,64,76)(H,65,74)(H,66,77)(H,67,72)(H,68,73)(H,69,75)(H,70,78)(H4,57,58,61)(H4,59,60,62)/t32-,33-,34-,39-,40-,41-,42-,43-,44-/m0/s1. The number of nitrogens with zero attached hydrogens (tertiary/aromatic N) is 2. The Kier molecular flexibility index (Phi) is 27.6. The minimum Gasteiger partial charge on any atom is -0.370 e. The maximum Gasteiger partial charge on any atom is 0.243 e. The van der Waals surface area contributed by atoms with E-state index in [1.165, 1.54) is 6.92 Å². The molecule has 8 amide bonds. The molecule has 0 aliphatic heterocycles. The Hall–Kier alpha value is -7.76. The van der Waals surface area contributed by atoms with Crippen LogP contribution in [0.4, 0.5) is 0 Å². The number of aromatic amines is 1. The van der Waals surface area contributed by atoms with Gasteiger partial charge in [0.15, 0.2) is 11.9 Å². The summed E-state index contributed by atoms with van der Waals surface area (Å²) in [5, 5.41) is 20.2. The molecule has 0 saturated heterocycles. The highest BCUT2D eigenvalue weighted by Gasteiger charge is 2.35. The van der Waals surface area contributed by atoms with E-state index in [9.17, 15) is 38.4 Å². The lowest BCUT2D eigenvalue weighted by Crippen LogP contribution is -2.60. The van der Waals surface area contributed by atoms with Crippen LogP contribution in [-0.4, -0.2) is 126 Å². The number of hydrogen-bond acceptors (Lipinski definition) is 11. The van der Waals surface area contributed by atoms with Crippen LogP contribution in [-0.2, 0) is 51.2 Å². The molecule has 430 valence electrons. The molecule has 0 saturated carbocycles. The SMILES string of the molecule is CC[C@H](C)[C@H](NC(=O)[C@H](Cc1ccccc1)NC(=O)[C@H](C)NC(=O)[C@H](Cc1c[nH]c2ccccc12)NC(=O)[C@H](CCCCN)NC(=O)[C@H](CCCN=C(N)N)NC(=O)[C@H](CC(C)C)NC(=O)[C@@H](C)CCCN=C(N)N)C(N)=O. The summed E-state index contributed by atoms with van der Waals surface area (Å²) < 4.78 is 0. The number of carbonyl (C=O) groups excluding carboxylic acids is 8. The highest BCUT2D eigenvalue weighted by Crippen LogP contribution is 2.20. The summed E-state index contributed by atoms with van der Waals surface area (Å²) in [6, 6.07) is 7.96. The predicted molar refractivity (Wildman–Crippen MR) is 301 cm³/mol. The molecule has 0 aliphatic carbocycles. The van der Waals surface area contributed by atoms with Gasteiger partial charge >= 0.3 is 0 Å². The Morgan fingerprint density at radius 1 is 0.538 bits per heavy atom. The number of amides is 8. The number of aromatic nitrogens is 1. The second-order valence-electron chi connectivity index (χ2n) is 20.3. The summed E-state index contributed by atoms with van der Waals surface area (Å²) >= 11 is 0. The number of fused-ring (bicyclic) bond motifs is 1. The number of aliphatic imine (C=N–C) groups is 2. The summed E-state index contributed by atoms with van der Waals surface area (Å²) in [4.78, 5) is 122. The Bertz CT molecular complexity index is 2490. The van der Waals surface area contributed by atoms with E-state index in [1.54, 1.807) is 50.4 Å². The smallest absolute Gasteiger partial charge is 0.243 e. The molecule has 1 heterocycles. The molecule has 0 aliphatic rings. The number of benzene rings is 2. The van der Waals surface area contributed by atoms with Crippen molar-refractivity contribution in [2.24, 2.45) is 62.1 Å². The van der Waals surface area contributed by atoms with Crippen LogP contribution in [0.3, 0.4) is 0 Å². The monoisotopic (exact) mass is 1090 g/mol. The second kappa shape index (κ2) is 33.4. The molecule has 24 heteroatoms. The number of H-pyrrole nitrogens is 1. The summed E-state index contributed by atoms with van der Waals surface area (Å²) in [5.41, 5.74) is 35.6. The van der Waals surface area contributed by atoms with Gasteiger partial charge in [-0.15, -0.1) is 0 Å². The zero-order valence-electron chi connectivity index (χ0n) is 46.1. The van der Waals surface area contributed by atoms with Crippen LogP contribution < -0.4 is 71.6 Å². The topological polar surface area (TPSA) is 417 Å². The van der Waals surface area contributed by atoms with Crippen molar-refractivity contribution in [2.75, 3.05) is 19.6 Å². The fraction of sp³-hybridized carbons (Fsp3) is 0.556. The van der Waals surface area contributed by atoms with Crippen LogP contribution in [0.1, 0.15) is 110 Å². The summed E-state index contributed by atoms with van der Waals surface area (Å²) in [6.45, 7) is 11.3. The van der Waals surface area contributed by atoms with Gasteiger partial charge < -0.3 is 76.6 Å². The lowest BCUT2D eigenvalue weighted by atomic mass is 9.97. The van der Waals surface area contributed by atoms with Crippen LogP contribution in [0.5, 0.6) is 0 Å². The van der Waals surface area contributed by atoms with Crippen molar-refractivity contribution in [3.63, 3.8) is 0 Å². The van der Waals surface area contributed by atoms with Gasteiger partial charge in [0.2, 0.25) is 47.3 Å². The van der Waals surface area contributed by atoms with Gasteiger partial charge in [0, 0.05) is 48.9 Å². The third kappa shape index (κ3) is 22.4. The molecule has 3 rings (SSSR count). The van der Waals surface area contributed by atoms with E-state index in [1.807, 2.05) is 45.0 Å². The third-order valence-corrected chi connectivity index (χ3v) is 13.3. The molecule has 78 heavy (non-hydrogen) atoms. The third-order valence-electron chi connectivity index (χ3n) is 13.3. The molecule has 20 N–H and O–H groups in total. The van der Waals surface area contributed by atoms with E-state index in [0.29, 0.717) is 49.8 Å². The van der Waals surface area contributed by atoms with Crippen LogP contribution in [0, 0.1) is 17.8 Å². The molecule has 9 atom stereocenters. The van der Waals surface area contributed by atoms with Crippen molar-refractivity contribution >= 4 is 70.1 Å². The van der Waals surface area contributed by atoms with E-state index < -0.39 is 89.6 Å². The first kappa shape index (κ1) is 64.5. The Morgan fingerprint density at radius 3 is 1.62 bits per heavy atom. The number of nitrogens with two attached hydrogens (primary N) is 6. The quantitative estimate of drug-likeness (QED) is 0.0207. The lowest BCUT2D eigenvalue weighted by molar-refractivity contribution is -0.136. The normalized spacial score (nSPS) is 14.6. The van der Waals surface area contributed by atoms with Gasteiger partial charge in [-0.05, 0) is 93.9 Å². The Labute approximate surface area is 457 Å². The van der Waals surface area contributed by atoms with Crippen molar-refractivity contribution in [1.29, 1.82) is 0 Å². The number of guanidine groups is 2. The fourth-order valence-corrected chi connectivity index (χ4v) is 8.55. The Balaban J connectivity index is 1.95. The first-order chi connectivity index (χ1) is 37.0. The zero-order valence-corrected chi connectivity index (χ0v) is 46.1. The molecule has 24 nitrogen and oxygen atoms in total. The van der Waals surface area contributed by atoms with Crippen molar-refractivity contribution in [3.8, 4) is 0 Å². The number of unbranched alkanes of at least 4 members (excludes halogenated alkanes) is 1. The largest absolute Gasteiger partial charge is 0.370 e. The van der Waals surface area contributed by atoms with Crippen molar-refractivity contribution in [1.82, 2.24) is 42.2 Å². The van der Waals surface area contributed by atoms with Gasteiger partial charge in [-0.3, -0.25) is 48.3 Å². The summed E-state index contributed by atoms with van der Waals surface area (Å²) in [5.74, 6) is -6.43. The number of rotatable bonds is 35. The molecule has 0 radical (unpaired) electrons. The molecule has 0 bridgehead atoms. The van der Waals surface area contributed by atoms with Crippen LogP contribution in [0.15, 0.2) is 70.8 Å². The number of para-hydroxylation sites is 1. The van der Waals surface area contributed by atoms with E-state index in [2.05, 4.69) is 52.2 Å². The molecule has 1 aromatic heterocycles. The van der Waals surface area contributed by atoms with E-state index >= 15 is 0 Å².